The Hall–Kier alpha value is -5.50. The van der Waals surface area contributed by atoms with Crippen molar-refractivity contribution in [2.45, 2.75) is 0 Å². The van der Waals surface area contributed by atoms with Crippen LogP contribution in [-0.4, -0.2) is 9.97 Å². The van der Waals surface area contributed by atoms with E-state index in [-0.39, 0.29) is 0 Å². The maximum Gasteiger partial charge on any atom is 0.0815 e. The van der Waals surface area contributed by atoms with Crippen LogP contribution >= 0.6 is 45.3 Å². The third-order valence-electron chi connectivity index (χ3n) is 9.37. The van der Waals surface area contributed by atoms with Crippen LogP contribution < -0.4 is 0 Å². The van der Waals surface area contributed by atoms with Crippen molar-refractivity contribution in [1.82, 2.24) is 9.97 Å². The summed E-state index contributed by atoms with van der Waals surface area (Å²) in [4.78, 5) is 17.9. The van der Waals surface area contributed by atoms with Gasteiger partial charge in [0, 0.05) is 30.3 Å². The molecule has 4 aromatic carbocycles. The van der Waals surface area contributed by atoms with Gasteiger partial charge in [-0.3, -0.25) is 0 Å². The number of hydrogen-bond acceptors (Lipinski definition) is 6. The largest absolute Gasteiger partial charge is 0.247 e. The maximum atomic E-state index is 5.23. The molecule has 0 unspecified atom stereocenters. The van der Waals surface area contributed by atoms with Crippen molar-refractivity contribution >= 4 is 67.2 Å². The Bertz CT molecular complexity index is 2630. The third kappa shape index (κ3) is 5.80. The van der Waals surface area contributed by atoms with Gasteiger partial charge < -0.3 is 0 Å². The van der Waals surface area contributed by atoms with Crippen LogP contribution in [-0.2, 0) is 0 Å². The monoisotopic (exact) mass is 736 g/mol. The quantitative estimate of drug-likeness (QED) is 0.163. The summed E-state index contributed by atoms with van der Waals surface area (Å²) < 4.78 is 0. The first-order chi connectivity index (χ1) is 25.7. The van der Waals surface area contributed by atoms with Crippen LogP contribution in [0.3, 0.4) is 0 Å². The minimum atomic E-state index is 0.987. The van der Waals surface area contributed by atoms with Gasteiger partial charge in [-0.25, -0.2) is 9.97 Å². The average Bonchev–Trinajstić information content (AvgIpc) is 4.05. The molecule has 0 atom stereocenters. The predicted molar refractivity (Wildman–Crippen MR) is 227 cm³/mol. The van der Waals surface area contributed by atoms with Crippen LogP contribution in [0.5, 0.6) is 0 Å². The number of thiophene rings is 4. The maximum absolute atomic E-state index is 5.23. The second kappa shape index (κ2) is 13.2. The number of hydrogen-bond donors (Lipinski definition) is 0. The molecule has 0 aliphatic rings. The summed E-state index contributed by atoms with van der Waals surface area (Å²) in [5, 5.41) is 6.54. The van der Waals surface area contributed by atoms with Gasteiger partial charge in [0.2, 0.25) is 0 Å². The van der Waals surface area contributed by atoms with E-state index < -0.39 is 0 Å². The molecular formula is C46H28N2S4. The molecule has 2 nitrogen and oxygen atoms in total. The Morgan fingerprint density at radius 1 is 0.327 bits per heavy atom. The van der Waals surface area contributed by atoms with Gasteiger partial charge in [-0.1, -0.05) is 84.9 Å². The van der Waals surface area contributed by atoms with Gasteiger partial charge in [0.05, 0.1) is 32.2 Å². The summed E-state index contributed by atoms with van der Waals surface area (Å²) in [6.07, 6.45) is 0. The molecule has 0 N–H and O–H groups in total. The van der Waals surface area contributed by atoms with E-state index >= 15 is 0 Å². The number of benzene rings is 4. The Kier molecular flexibility index (Phi) is 7.96. The molecule has 0 saturated heterocycles. The zero-order valence-corrected chi connectivity index (χ0v) is 31.0. The lowest BCUT2D eigenvalue weighted by Gasteiger charge is -2.13. The number of nitrogens with zero attached hydrogens (tertiary/aromatic N) is 2. The van der Waals surface area contributed by atoms with Crippen molar-refractivity contribution in [3.8, 4) is 74.0 Å². The first-order valence-corrected chi connectivity index (χ1v) is 20.4. The average molecular weight is 737 g/mol. The van der Waals surface area contributed by atoms with Crippen molar-refractivity contribution in [1.29, 1.82) is 0 Å². The van der Waals surface area contributed by atoms with Crippen LogP contribution in [0.15, 0.2) is 168 Å². The first-order valence-electron chi connectivity index (χ1n) is 17.0. The summed E-state index contributed by atoms with van der Waals surface area (Å²) in [6.45, 7) is 0. The third-order valence-corrected chi connectivity index (χ3v) is 13.7. The highest BCUT2D eigenvalue weighted by molar-refractivity contribution is 7.23. The van der Waals surface area contributed by atoms with E-state index in [4.69, 9.17) is 9.97 Å². The van der Waals surface area contributed by atoms with Gasteiger partial charge in [-0.15, -0.1) is 45.3 Å². The molecule has 6 heteroatoms. The summed E-state index contributed by atoms with van der Waals surface area (Å²) in [7, 11) is 0. The highest BCUT2D eigenvalue weighted by Crippen LogP contribution is 2.42. The van der Waals surface area contributed by atoms with Crippen molar-refractivity contribution in [3.63, 3.8) is 0 Å². The van der Waals surface area contributed by atoms with E-state index in [9.17, 15) is 0 Å². The minimum absolute atomic E-state index is 0.987. The molecule has 0 aliphatic carbocycles. The molecule has 10 rings (SSSR count). The Balaban J connectivity index is 1.10. The van der Waals surface area contributed by atoms with Gasteiger partial charge in [-0.05, 0) is 117 Å². The zero-order valence-electron chi connectivity index (χ0n) is 27.7. The molecule has 6 heterocycles. The molecule has 0 fully saturated rings. The smallest absolute Gasteiger partial charge is 0.0815 e. The van der Waals surface area contributed by atoms with Crippen LogP contribution in [0, 0.1) is 0 Å². The number of fused-ring (bicyclic) bond motifs is 2. The van der Waals surface area contributed by atoms with E-state index in [1.165, 1.54) is 51.5 Å². The molecule has 6 aromatic heterocycles. The molecule has 0 radical (unpaired) electrons. The van der Waals surface area contributed by atoms with Crippen LogP contribution in [0.1, 0.15) is 0 Å². The number of aromatic nitrogens is 2. The van der Waals surface area contributed by atoms with E-state index in [2.05, 4.69) is 168 Å². The topological polar surface area (TPSA) is 25.8 Å². The fourth-order valence-electron chi connectivity index (χ4n) is 6.83. The molecule has 52 heavy (non-hydrogen) atoms. The molecule has 0 amide bonds. The molecule has 10 aromatic rings. The lowest BCUT2D eigenvalue weighted by atomic mass is 9.94. The van der Waals surface area contributed by atoms with Crippen molar-refractivity contribution in [2.24, 2.45) is 0 Å². The van der Waals surface area contributed by atoms with Crippen molar-refractivity contribution < 1.29 is 0 Å². The fourth-order valence-corrected chi connectivity index (χ4v) is 10.4. The summed E-state index contributed by atoms with van der Waals surface area (Å²) in [5.74, 6) is 0. The van der Waals surface area contributed by atoms with Gasteiger partial charge >= 0.3 is 0 Å². The minimum Gasteiger partial charge on any atom is -0.247 e. The molecular weight excluding hydrogens is 709 g/mol. The van der Waals surface area contributed by atoms with E-state index in [1.54, 1.807) is 45.3 Å². The van der Waals surface area contributed by atoms with Crippen molar-refractivity contribution in [3.05, 3.63) is 168 Å². The SMILES string of the molecule is c1ccc(-c2cc(-c3ccc(-c4cccs4)s3)nc3ccc(-c4ccc5nc(-c6ccc(-c7cccs7)s6)cc(-c6ccccc6)c5c4)cc23)cc1. The number of pyridine rings is 2. The lowest BCUT2D eigenvalue weighted by molar-refractivity contribution is 1.41. The van der Waals surface area contributed by atoms with Gasteiger partial charge in [0.1, 0.15) is 0 Å². The fraction of sp³-hybridized carbons (Fsp3) is 0. The van der Waals surface area contributed by atoms with E-state index in [0.29, 0.717) is 0 Å². The molecule has 0 bridgehead atoms. The summed E-state index contributed by atoms with van der Waals surface area (Å²) in [5.41, 5.74) is 11.0. The van der Waals surface area contributed by atoms with Crippen molar-refractivity contribution in [2.75, 3.05) is 0 Å². The lowest BCUT2D eigenvalue weighted by Crippen LogP contribution is -1.91. The molecule has 246 valence electrons. The summed E-state index contributed by atoms with van der Waals surface area (Å²) >= 11 is 7.15. The standard InChI is InChI=1S/C46H28N2S4/c1-3-9-29(10-4-1)33-27-39(41-19-21-45(51-41)43-13-7-23-49-43)47-37-17-15-31(25-35(33)37)32-16-18-38-36(26-32)34(30-11-5-2-6-12-30)28-40(48-38)42-20-22-46(52-42)44-14-8-24-50-44/h1-28H. The molecule has 0 saturated carbocycles. The van der Waals surface area contributed by atoms with Crippen LogP contribution in [0.2, 0.25) is 0 Å². The highest BCUT2D eigenvalue weighted by atomic mass is 32.1. The predicted octanol–water partition coefficient (Wildman–Crippen LogP) is 14.7. The normalized spacial score (nSPS) is 11.5. The van der Waals surface area contributed by atoms with Crippen LogP contribution in [0.4, 0.5) is 0 Å². The Labute approximate surface area is 317 Å². The summed E-state index contributed by atoms with van der Waals surface area (Å²) in [6, 6.07) is 56.7. The Morgan fingerprint density at radius 2 is 0.769 bits per heavy atom. The van der Waals surface area contributed by atoms with Gasteiger partial charge in [0.15, 0.2) is 0 Å². The van der Waals surface area contributed by atoms with E-state index in [1.807, 2.05) is 0 Å². The highest BCUT2D eigenvalue weighted by Gasteiger charge is 2.16. The second-order valence-corrected chi connectivity index (χ2v) is 16.7. The molecule has 0 spiro atoms. The number of rotatable bonds is 7. The molecule has 0 aliphatic heterocycles. The first kappa shape index (κ1) is 31.3. The van der Waals surface area contributed by atoms with Gasteiger partial charge in [0.25, 0.3) is 0 Å². The van der Waals surface area contributed by atoms with E-state index in [0.717, 1.165) is 44.3 Å². The zero-order chi connectivity index (χ0) is 34.4. The van der Waals surface area contributed by atoms with Gasteiger partial charge in [-0.2, -0.15) is 0 Å². The Morgan fingerprint density at radius 3 is 1.19 bits per heavy atom. The van der Waals surface area contributed by atoms with Crippen LogP contribution in [0.25, 0.3) is 95.8 Å². The second-order valence-electron chi connectivity index (χ2n) is 12.6.